The molecule has 7 heteroatoms. The van der Waals surface area contributed by atoms with Crippen molar-refractivity contribution in [3.05, 3.63) is 0 Å². The molecule has 7 nitrogen and oxygen atoms in total. The number of carboxylic acid groups (broad SMARTS) is 2. The van der Waals surface area contributed by atoms with Crippen LogP contribution in [-0.4, -0.2) is 51.6 Å². The summed E-state index contributed by atoms with van der Waals surface area (Å²) in [6, 6.07) is -2.04. The van der Waals surface area contributed by atoms with Crippen molar-refractivity contribution < 1.29 is 24.6 Å². The topological polar surface area (TPSA) is 121 Å². The van der Waals surface area contributed by atoms with Gasteiger partial charge in [0.15, 0.2) is 0 Å². The SMILES string of the molecule is NC(CC(=O)O)C(=O)N1CCCC1C(=O)O. The van der Waals surface area contributed by atoms with Crippen molar-refractivity contribution in [2.45, 2.75) is 31.3 Å². The van der Waals surface area contributed by atoms with Crippen LogP contribution in [0.4, 0.5) is 0 Å². The van der Waals surface area contributed by atoms with Crippen LogP contribution >= 0.6 is 0 Å². The van der Waals surface area contributed by atoms with Gasteiger partial charge in [0.2, 0.25) is 5.91 Å². The molecule has 90 valence electrons. The van der Waals surface area contributed by atoms with Crippen LogP contribution in [0.2, 0.25) is 0 Å². The Hall–Kier alpha value is -1.63. The lowest BCUT2D eigenvalue weighted by Crippen LogP contribution is -2.49. The Kier molecular flexibility index (Phi) is 3.83. The molecule has 2 atom stereocenters. The van der Waals surface area contributed by atoms with Gasteiger partial charge in [0, 0.05) is 6.54 Å². The number of carboxylic acids is 2. The van der Waals surface area contributed by atoms with Gasteiger partial charge >= 0.3 is 11.9 Å². The number of hydrogen-bond donors (Lipinski definition) is 3. The van der Waals surface area contributed by atoms with E-state index in [1.54, 1.807) is 0 Å². The number of likely N-dealkylation sites (tertiary alicyclic amines) is 1. The van der Waals surface area contributed by atoms with Crippen molar-refractivity contribution in [1.82, 2.24) is 4.90 Å². The van der Waals surface area contributed by atoms with E-state index in [1.165, 1.54) is 0 Å². The summed E-state index contributed by atoms with van der Waals surface area (Å²) in [6.07, 6.45) is 0.505. The highest BCUT2D eigenvalue weighted by Gasteiger charge is 2.36. The molecule has 0 aliphatic carbocycles. The molecule has 1 amide bonds. The predicted molar refractivity (Wildman–Crippen MR) is 52.6 cm³/mol. The fourth-order valence-electron chi connectivity index (χ4n) is 1.78. The summed E-state index contributed by atoms with van der Waals surface area (Å²) in [6.45, 7) is 0.323. The summed E-state index contributed by atoms with van der Waals surface area (Å²) in [5.41, 5.74) is 5.40. The van der Waals surface area contributed by atoms with Gasteiger partial charge in [-0.3, -0.25) is 9.59 Å². The Morgan fingerprint density at radius 3 is 2.50 bits per heavy atom. The van der Waals surface area contributed by atoms with Gasteiger partial charge in [0.05, 0.1) is 12.5 Å². The fraction of sp³-hybridized carbons (Fsp3) is 0.667. The number of nitrogens with two attached hydrogens (primary N) is 1. The molecule has 0 aromatic carbocycles. The van der Waals surface area contributed by atoms with Crippen molar-refractivity contribution in [3.8, 4) is 0 Å². The van der Waals surface area contributed by atoms with E-state index < -0.39 is 36.4 Å². The Labute approximate surface area is 91.8 Å². The Bertz CT molecular complexity index is 317. The molecule has 1 fully saturated rings. The molecule has 0 saturated carbocycles. The molecule has 1 heterocycles. The minimum Gasteiger partial charge on any atom is -0.481 e. The number of carbonyl (C=O) groups excluding carboxylic acids is 1. The van der Waals surface area contributed by atoms with Crippen molar-refractivity contribution in [2.75, 3.05) is 6.54 Å². The minimum absolute atomic E-state index is 0.323. The second-order valence-electron chi connectivity index (χ2n) is 3.73. The maximum Gasteiger partial charge on any atom is 0.326 e. The lowest BCUT2D eigenvalue weighted by Gasteiger charge is -2.24. The molecule has 0 aromatic rings. The van der Waals surface area contributed by atoms with Gasteiger partial charge < -0.3 is 20.8 Å². The molecule has 0 spiro atoms. The van der Waals surface area contributed by atoms with Crippen molar-refractivity contribution in [2.24, 2.45) is 5.73 Å². The first-order valence-corrected chi connectivity index (χ1v) is 4.94. The van der Waals surface area contributed by atoms with E-state index in [-0.39, 0.29) is 0 Å². The van der Waals surface area contributed by atoms with Crippen molar-refractivity contribution in [3.63, 3.8) is 0 Å². The standard InChI is InChI=1S/C9H14N2O5/c10-5(4-7(12)13)8(14)11-3-1-2-6(11)9(15)16/h5-6H,1-4,10H2,(H,12,13)(H,15,16). The van der Waals surface area contributed by atoms with Gasteiger partial charge in [-0.2, -0.15) is 0 Å². The molecule has 4 N–H and O–H groups in total. The third kappa shape index (κ3) is 2.69. The van der Waals surface area contributed by atoms with E-state index in [1.807, 2.05) is 0 Å². The van der Waals surface area contributed by atoms with E-state index >= 15 is 0 Å². The van der Waals surface area contributed by atoms with Crippen molar-refractivity contribution >= 4 is 17.8 Å². The third-order valence-electron chi connectivity index (χ3n) is 2.53. The number of carbonyl (C=O) groups is 3. The molecule has 1 aliphatic heterocycles. The highest BCUT2D eigenvalue weighted by Crippen LogP contribution is 2.18. The molecule has 1 aliphatic rings. The first-order valence-electron chi connectivity index (χ1n) is 4.94. The lowest BCUT2D eigenvalue weighted by atomic mass is 10.1. The second-order valence-corrected chi connectivity index (χ2v) is 3.73. The summed E-state index contributed by atoms with van der Waals surface area (Å²) in [7, 11) is 0. The summed E-state index contributed by atoms with van der Waals surface area (Å²) >= 11 is 0. The molecule has 2 unspecified atom stereocenters. The molecule has 1 rings (SSSR count). The van der Waals surface area contributed by atoms with Gasteiger partial charge in [0.25, 0.3) is 0 Å². The molecule has 0 aromatic heterocycles. The zero-order valence-electron chi connectivity index (χ0n) is 8.63. The summed E-state index contributed by atoms with van der Waals surface area (Å²) < 4.78 is 0. The maximum absolute atomic E-state index is 11.7. The quantitative estimate of drug-likeness (QED) is 0.561. The monoisotopic (exact) mass is 230 g/mol. The van der Waals surface area contributed by atoms with Crippen LogP contribution < -0.4 is 5.73 Å². The van der Waals surface area contributed by atoms with E-state index in [0.717, 1.165) is 4.90 Å². The zero-order chi connectivity index (χ0) is 12.3. The molecular weight excluding hydrogens is 216 g/mol. The smallest absolute Gasteiger partial charge is 0.326 e. The van der Waals surface area contributed by atoms with E-state index in [4.69, 9.17) is 15.9 Å². The van der Waals surface area contributed by atoms with Gasteiger partial charge in [-0.15, -0.1) is 0 Å². The summed E-state index contributed by atoms with van der Waals surface area (Å²) in [5, 5.41) is 17.3. The lowest BCUT2D eigenvalue weighted by molar-refractivity contribution is -0.149. The Morgan fingerprint density at radius 2 is 2.00 bits per heavy atom. The van der Waals surface area contributed by atoms with Crippen LogP contribution in [0.15, 0.2) is 0 Å². The van der Waals surface area contributed by atoms with Gasteiger partial charge in [-0.1, -0.05) is 0 Å². The number of amides is 1. The maximum atomic E-state index is 11.7. The van der Waals surface area contributed by atoms with Gasteiger partial charge in [-0.05, 0) is 12.8 Å². The molecule has 16 heavy (non-hydrogen) atoms. The largest absolute Gasteiger partial charge is 0.481 e. The van der Waals surface area contributed by atoms with E-state index in [0.29, 0.717) is 19.4 Å². The van der Waals surface area contributed by atoms with Crippen LogP contribution in [-0.2, 0) is 14.4 Å². The molecular formula is C9H14N2O5. The average molecular weight is 230 g/mol. The number of rotatable bonds is 4. The van der Waals surface area contributed by atoms with Crippen LogP contribution in [0, 0.1) is 0 Å². The minimum atomic E-state index is -1.17. The summed E-state index contributed by atoms with van der Waals surface area (Å²) in [5.74, 6) is -2.85. The first-order chi connectivity index (χ1) is 7.43. The van der Waals surface area contributed by atoms with Crippen LogP contribution in [0.5, 0.6) is 0 Å². The Morgan fingerprint density at radius 1 is 1.38 bits per heavy atom. The molecule has 0 radical (unpaired) electrons. The Balaban J connectivity index is 2.65. The molecule has 0 bridgehead atoms. The summed E-state index contributed by atoms with van der Waals surface area (Å²) in [4.78, 5) is 34.0. The second kappa shape index (κ2) is 4.93. The van der Waals surface area contributed by atoms with E-state index in [2.05, 4.69) is 0 Å². The number of aliphatic carboxylic acids is 2. The molecule has 1 saturated heterocycles. The van der Waals surface area contributed by atoms with Gasteiger partial charge in [0.1, 0.15) is 6.04 Å². The van der Waals surface area contributed by atoms with E-state index in [9.17, 15) is 14.4 Å². The third-order valence-corrected chi connectivity index (χ3v) is 2.53. The number of hydrogen-bond acceptors (Lipinski definition) is 4. The fourth-order valence-corrected chi connectivity index (χ4v) is 1.78. The van der Waals surface area contributed by atoms with Crippen LogP contribution in [0.25, 0.3) is 0 Å². The first kappa shape index (κ1) is 12.4. The predicted octanol–water partition coefficient (Wildman–Crippen LogP) is -1.14. The highest BCUT2D eigenvalue weighted by molar-refractivity contribution is 5.89. The average Bonchev–Trinajstić information content (AvgIpc) is 2.63. The van der Waals surface area contributed by atoms with Crippen molar-refractivity contribution in [1.29, 1.82) is 0 Å². The van der Waals surface area contributed by atoms with Crippen LogP contribution in [0.1, 0.15) is 19.3 Å². The number of nitrogens with zero attached hydrogens (tertiary/aromatic N) is 1. The van der Waals surface area contributed by atoms with Gasteiger partial charge in [-0.25, -0.2) is 4.79 Å². The van der Waals surface area contributed by atoms with Crippen LogP contribution in [0.3, 0.4) is 0 Å². The normalized spacial score (nSPS) is 21.8. The highest BCUT2D eigenvalue weighted by atomic mass is 16.4. The zero-order valence-corrected chi connectivity index (χ0v) is 8.63.